The maximum atomic E-state index is 12.3. The lowest BCUT2D eigenvalue weighted by atomic mass is 9.81. The third-order valence-electron chi connectivity index (χ3n) is 5.59. The van der Waals surface area contributed by atoms with Crippen molar-refractivity contribution in [1.29, 1.82) is 0 Å². The third-order valence-corrected chi connectivity index (χ3v) is 5.59. The fourth-order valence-electron chi connectivity index (χ4n) is 4.13. The second-order valence-electron chi connectivity index (χ2n) is 8.91. The number of hydrogen-bond donors (Lipinski definition) is 2. The highest BCUT2D eigenvalue weighted by atomic mass is 16.2. The molecular weight excluding hydrogens is 330 g/mol. The number of rotatable bonds is 5. The molecule has 0 radical (unpaired) electrons. The molecule has 2 aliphatic rings. The minimum atomic E-state index is -0.370. The standard InChI is InChI=1S/C20H31N3O3/c1-20(2,3)22-19(26)14-8-6-13(7-9-14)12-21-15-16(18(25)17(15)24)23-10-4-5-11-23/h13-14,21H,4-12H2,1-3H3,(H,22,26). The van der Waals surface area contributed by atoms with Crippen molar-refractivity contribution in [3.05, 3.63) is 20.4 Å². The van der Waals surface area contributed by atoms with E-state index in [9.17, 15) is 14.4 Å². The van der Waals surface area contributed by atoms with E-state index in [0.29, 0.717) is 23.8 Å². The molecule has 1 aromatic carbocycles. The molecule has 0 aromatic heterocycles. The fraction of sp³-hybridized carbons (Fsp3) is 0.750. The Labute approximate surface area is 155 Å². The average Bonchev–Trinajstić information content (AvgIpc) is 3.10. The number of hydrogen-bond acceptors (Lipinski definition) is 5. The highest BCUT2D eigenvalue weighted by Crippen LogP contribution is 2.30. The highest BCUT2D eigenvalue weighted by molar-refractivity contribution is 5.79. The van der Waals surface area contributed by atoms with Gasteiger partial charge in [-0.3, -0.25) is 14.4 Å². The van der Waals surface area contributed by atoms with Crippen molar-refractivity contribution in [3.63, 3.8) is 0 Å². The summed E-state index contributed by atoms with van der Waals surface area (Å²) in [6, 6.07) is 0. The van der Waals surface area contributed by atoms with Crippen LogP contribution in [0.25, 0.3) is 0 Å². The van der Waals surface area contributed by atoms with Gasteiger partial charge in [-0.2, -0.15) is 0 Å². The molecule has 26 heavy (non-hydrogen) atoms. The number of nitrogens with zero attached hydrogens (tertiary/aromatic N) is 1. The summed E-state index contributed by atoms with van der Waals surface area (Å²) in [5.74, 6) is 0.698. The van der Waals surface area contributed by atoms with Crippen LogP contribution in [0.2, 0.25) is 0 Å². The average molecular weight is 361 g/mol. The Kier molecular flexibility index (Phi) is 5.39. The van der Waals surface area contributed by atoms with E-state index in [1.54, 1.807) is 0 Å². The van der Waals surface area contributed by atoms with Gasteiger partial charge in [-0.15, -0.1) is 0 Å². The zero-order valence-electron chi connectivity index (χ0n) is 16.2. The van der Waals surface area contributed by atoms with Crippen LogP contribution in [0.1, 0.15) is 59.3 Å². The summed E-state index contributed by atoms with van der Waals surface area (Å²) in [6.45, 7) is 8.45. The van der Waals surface area contributed by atoms with Crippen molar-refractivity contribution < 1.29 is 4.79 Å². The molecule has 6 nitrogen and oxygen atoms in total. The van der Waals surface area contributed by atoms with Crippen LogP contribution in [0, 0.1) is 11.8 Å². The van der Waals surface area contributed by atoms with E-state index in [4.69, 9.17) is 0 Å². The van der Waals surface area contributed by atoms with E-state index in [2.05, 4.69) is 10.6 Å². The highest BCUT2D eigenvalue weighted by Gasteiger charge is 2.30. The number of carbonyl (C=O) groups is 1. The van der Waals surface area contributed by atoms with Gasteiger partial charge < -0.3 is 15.5 Å². The van der Waals surface area contributed by atoms with Crippen LogP contribution in [0.15, 0.2) is 9.59 Å². The Bertz CT molecular complexity index is 714. The van der Waals surface area contributed by atoms with Crippen molar-refractivity contribution in [2.24, 2.45) is 11.8 Å². The first kappa shape index (κ1) is 18.9. The third kappa shape index (κ3) is 4.10. The zero-order valence-corrected chi connectivity index (χ0v) is 16.2. The van der Waals surface area contributed by atoms with Gasteiger partial charge in [0.2, 0.25) is 5.91 Å². The summed E-state index contributed by atoms with van der Waals surface area (Å²) in [6.07, 6.45) is 5.89. The van der Waals surface area contributed by atoms with E-state index < -0.39 is 0 Å². The Morgan fingerprint density at radius 3 is 2.23 bits per heavy atom. The summed E-state index contributed by atoms with van der Waals surface area (Å²) in [5.41, 5.74) is 0.225. The van der Waals surface area contributed by atoms with Gasteiger partial charge in [-0.05, 0) is 65.2 Å². The number of carbonyl (C=O) groups excluding carboxylic acids is 1. The van der Waals surface area contributed by atoms with Crippen LogP contribution >= 0.6 is 0 Å². The Morgan fingerprint density at radius 1 is 1.04 bits per heavy atom. The minimum absolute atomic E-state index is 0.0942. The van der Waals surface area contributed by atoms with E-state index in [-0.39, 0.29) is 28.2 Å². The molecule has 1 aromatic rings. The molecule has 1 saturated heterocycles. The van der Waals surface area contributed by atoms with Gasteiger partial charge in [0, 0.05) is 31.1 Å². The van der Waals surface area contributed by atoms with Crippen LogP contribution in [-0.2, 0) is 4.79 Å². The lowest BCUT2D eigenvalue weighted by molar-refractivity contribution is -0.127. The van der Waals surface area contributed by atoms with Crippen molar-refractivity contribution in [1.82, 2.24) is 5.32 Å². The second-order valence-corrected chi connectivity index (χ2v) is 8.91. The number of nitrogens with one attached hydrogen (secondary N) is 2. The predicted molar refractivity (Wildman–Crippen MR) is 105 cm³/mol. The van der Waals surface area contributed by atoms with Gasteiger partial charge >= 0.3 is 0 Å². The molecule has 0 bridgehead atoms. The molecule has 3 rings (SSSR count). The number of anilines is 2. The van der Waals surface area contributed by atoms with Gasteiger partial charge in [-0.25, -0.2) is 0 Å². The van der Waals surface area contributed by atoms with Gasteiger partial charge in [0.05, 0.1) is 0 Å². The molecule has 1 heterocycles. The fourth-order valence-corrected chi connectivity index (χ4v) is 4.13. The maximum Gasteiger partial charge on any atom is 0.253 e. The molecule has 0 atom stereocenters. The molecular formula is C20H31N3O3. The predicted octanol–water partition coefficient (Wildman–Crippen LogP) is 2.02. The summed E-state index contributed by atoms with van der Waals surface area (Å²) < 4.78 is 0. The monoisotopic (exact) mass is 361 g/mol. The Balaban J connectivity index is 1.49. The summed E-state index contributed by atoms with van der Waals surface area (Å²) in [5, 5.41) is 6.32. The van der Waals surface area contributed by atoms with Crippen molar-refractivity contribution in [2.75, 3.05) is 29.9 Å². The minimum Gasteiger partial charge on any atom is -0.380 e. The quantitative estimate of drug-likeness (QED) is 0.785. The molecule has 1 saturated carbocycles. The second kappa shape index (κ2) is 7.41. The number of amides is 1. The van der Waals surface area contributed by atoms with Gasteiger partial charge in [0.25, 0.3) is 10.9 Å². The molecule has 1 amide bonds. The Morgan fingerprint density at radius 2 is 1.65 bits per heavy atom. The van der Waals surface area contributed by atoms with Gasteiger partial charge in [0.15, 0.2) is 0 Å². The largest absolute Gasteiger partial charge is 0.380 e. The van der Waals surface area contributed by atoms with Crippen LogP contribution in [0.3, 0.4) is 0 Å². The first-order valence-corrected chi connectivity index (χ1v) is 9.90. The normalized spacial score (nSPS) is 24.0. The molecule has 2 fully saturated rings. The Hall–Kier alpha value is -1.85. The molecule has 0 spiro atoms. The SMILES string of the molecule is CC(C)(C)NC(=O)C1CCC(CNc2c(N3CCCC3)c(=O)c2=O)CC1. The molecule has 6 heteroatoms. The molecule has 1 aliphatic heterocycles. The topological polar surface area (TPSA) is 78.5 Å². The first-order valence-electron chi connectivity index (χ1n) is 9.90. The van der Waals surface area contributed by atoms with E-state index in [1.165, 1.54) is 0 Å². The smallest absolute Gasteiger partial charge is 0.253 e. The maximum absolute atomic E-state index is 12.3. The lowest BCUT2D eigenvalue weighted by Crippen LogP contribution is -2.45. The van der Waals surface area contributed by atoms with Gasteiger partial charge in [-0.1, -0.05) is 0 Å². The van der Waals surface area contributed by atoms with Gasteiger partial charge in [0.1, 0.15) is 11.4 Å². The molecule has 2 N–H and O–H groups in total. The molecule has 144 valence electrons. The van der Waals surface area contributed by atoms with E-state index >= 15 is 0 Å². The van der Waals surface area contributed by atoms with Crippen molar-refractivity contribution >= 4 is 17.3 Å². The molecule has 0 unspecified atom stereocenters. The summed E-state index contributed by atoms with van der Waals surface area (Å²) >= 11 is 0. The lowest BCUT2D eigenvalue weighted by Gasteiger charge is -2.31. The van der Waals surface area contributed by atoms with Crippen molar-refractivity contribution in [2.45, 2.75) is 64.8 Å². The first-order chi connectivity index (χ1) is 12.3. The molecule has 1 aliphatic carbocycles. The summed E-state index contributed by atoms with van der Waals surface area (Å²) in [4.78, 5) is 38.2. The van der Waals surface area contributed by atoms with Crippen LogP contribution in [-0.4, -0.2) is 31.1 Å². The van der Waals surface area contributed by atoms with Crippen LogP contribution in [0.5, 0.6) is 0 Å². The van der Waals surface area contributed by atoms with Crippen LogP contribution in [0.4, 0.5) is 11.4 Å². The zero-order chi connectivity index (χ0) is 18.9. The van der Waals surface area contributed by atoms with E-state index in [0.717, 1.165) is 51.6 Å². The summed E-state index contributed by atoms with van der Waals surface area (Å²) in [7, 11) is 0. The van der Waals surface area contributed by atoms with E-state index in [1.807, 2.05) is 25.7 Å². The van der Waals surface area contributed by atoms with Crippen LogP contribution < -0.4 is 26.4 Å². The van der Waals surface area contributed by atoms with Crippen molar-refractivity contribution in [3.8, 4) is 0 Å².